The van der Waals surface area contributed by atoms with Gasteiger partial charge in [0.05, 0.1) is 21.5 Å². The first-order chi connectivity index (χ1) is 9.58. The monoisotopic (exact) mass is 340 g/mol. The molecule has 0 heterocycles. The first-order valence-electron chi connectivity index (χ1n) is 6.07. The van der Waals surface area contributed by atoms with E-state index in [0.717, 1.165) is 18.2 Å². The maximum atomic E-state index is 12.6. The fourth-order valence-corrected chi connectivity index (χ4v) is 3.19. The molecule has 1 aromatic carbocycles. The summed E-state index contributed by atoms with van der Waals surface area (Å²) in [7, 11) is -4.13. The lowest BCUT2D eigenvalue weighted by Crippen LogP contribution is -2.43. The molecule has 1 unspecified atom stereocenters. The van der Waals surface area contributed by atoms with Crippen LogP contribution in [-0.2, 0) is 16.2 Å². The van der Waals surface area contributed by atoms with Crippen molar-refractivity contribution in [2.75, 3.05) is 0 Å². The van der Waals surface area contributed by atoms with Gasteiger partial charge in [0, 0.05) is 0 Å². The molecule has 0 spiro atoms. The Bertz CT molecular complexity index is 615. The van der Waals surface area contributed by atoms with Gasteiger partial charge in [-0.25, -0.2) is 13.1 Å². The number of rotatable bonds is 6. The lowest BCUT2D eigenvalue weighted by molar-refractivity contribution is -0.137. The zero-order chi connectivity index (χ0) is 16.3. The van der Waals surface area contributed by atoms with Crippen LogP contribution in [0.2, 0.25) is 0 Å². The largest absolute Gasteiger partial charge is 0.416 e. The predicted octanol–water partition coefficient (Wildman–Crippen LogP) is 2.44. The highest BCUT2D eigenvalue weighted by Crippen LogP contribution is 2.30. The molecule has 0 bridgehead atoms. The van der Waals surface area contributed by atoms with Crippen LogP contribution >= 0.6 is 12.2 Å². The minimum atomic E-state index is -4.61. The standard InChI is InChI=1S/C12H15F3N2O2S2/c1-2-4-10(11(16)20)17-21(18,19)9-6-3-5-8(7-9)12(13,14)15/h3,5-7,10,17H,2,4H2,1H3,(H2,16,20). The van der Waals surface area contributed by atoms with Crippen LogP contribution in [-0.4, -0.2) is 19.4 Å². The summed E-state index contributed by atoms with van der Waals surface area (Å²) < 4.78 is 64.3. The summed E-state index contributed by atoms with van der Waals surface area (Å²) in [5.74, 6) is 0. The molecule has 0 amide bonds. The van der Waals surface area contributed by atoms with Crippen LogP contribution in [0.1, 0.15) is 25.3 Å². The topological polar surface area (TPSA) is 72.2 Å². The van der Waals surface area contributed by atoms with Crippen molar-refractivity contribution in [3.63, 3.8) is 0 Å². The van der Waals surface area contributed by atoms with Gasteiger partial charge in [-0.2, -0.15) is 13.2 Å². The van der Waals surface area contributed by atoms with E-state index >= 15 is 0 Å². The molecule has 4 nitrogen and oxygen atoms in total. The minimum absolute atomic E-state index is 0.0487. The molecule has 1 rings (SSSR count). The molecule has 0 aromatic heterocycles. The Morgan fingerprint density at radius 2 is 2.05 bits per heavy atom. The van der Waals surface area contributed by atoms with E-state index in [4.69, 9.17) is 18.0 Å². The summed E-state index contributed by atoms with van der Waals surface area (Å²) in [5, 5.41) is 0. The first kappa shape index (κ1) is 17.9. The molecule has 0 saturated heterocycles. The summed E-state index contributed by atoms with van der Waals surface area (Å²) >= 11 is 4.76. The van der Waals surface area contributed by atoms with E-state index in [1.54, 1.807) is 0 Å². The molecule has 118 valence electrons. The van der Waals surface area contributed by atoms with Gasteiger partial charge in [-0.1, -0.05) is 31.6 Å². The van der Waals surface area contributed by atoms with Crippen LogP contribution in [0.15, 0.2) is 29.2 Å². The Kier molecular flexibility index (Phi) is 5.71. The highest BCUT2D eigenvalue weighted by molar-refractivity contribution is 7.89. The van der Waals surface area contributed by atoms with Crippen molar-refractivity contribution in [2.45, 2.75) is 36.9 Å². The number of alkyl halides is 3. The Morgan fingerprint density at radius 1 is 1.43 bits per heavy atom. The number of thiocarbonyl (C=S) groups is 1. The smallest absolute Gasteiger partial charge is 0.392 e. The fourth-order valence-electron chi connectivity index (χ4n) is 1.64. The van der Waals surface area contributed by atoms with E-state index in [1.165, 1.54) is 0 Å². The third-order valence-corrected chi connectivity index (χ3v) is 4.44. The molecule has 0 aliphatic heterocycles. The van der Waals surface area contributed by atoms with Crippen LogP contribution in [0.3, 0.4) is 0 Å². The van der Waals surface area contributed by atoms with Crippen LogP contribution < -0.4 is 10.5 Å². The summed E-state index contributed by atoms with van der Waals surface area (Å²) in [5.41, 5.74) is 4.40. The summed E-state index contributed by atoms with van der Waals surface area (Å²) in [4.78, 5) is -0.526. The lowest BCUT2D eigenvalue weighted by Gasteiger charge is -2.17. The number of nitrogens with one attached hydrogen (secondary N) is 1. The molecule has 0 radical (unpaired) electrons. The molecule has 0 aliphatic carbocycles. The second-order valence-electron chi connectivity index (χ2n) is 4.39. The number of sulfonamides is 1. The first-order valence-corrected chi connectivity index (χ1v) is 7.96. The maximum absolute atomic E-state index is 12.6. The summed E-state index contributed by atoms with van der Waals surface area (Å²) in [6.07, 6.45) is -3.63. The van der Waals surface area contributed by atoms with Crippen molar-refractivity contribution in [3.8, 4) is 0 Å². The number of benzene rings is 1. The van der Waals surface area contributed by atoms with Gasteiger partial charge in [0.2, 0.25) is 10.0 Å². The lowest BCUT2D eigenvalue weighted by atomic mass is 10.2. The van der Waals surface area contributed by atoms with Gasteiger partial charge in [0.25, 0.3) is 0 Å². The molecule has 21 heavy (non-hydrogen) atoms. The van der Waals surface area contributed by atoms with E-state index in [2.05, 4.69) is 4.72 Å². The van der Waals surface area contributed by atoms with Crippen LogP contribution in [0.4, 0.5) is 13.2 Å². The van der Waals surface area contributed by atoms with Crippen molar-refractivity contribution in [1.82, 2.24) is 4.72 Å². The number of nitrogens with two attached hydrogens (primary N) is 1. The van der Waals surface area contributed by atoms with E-state index in [1.807, 2.05) is 6.92 Å². The van der Waals surface area contributed by atoms with Crippen molar-refractivity contribution >= 4 is 27.2 Å². The van der Waals surface area contributed by atoms with Crippen molar-refractivity contribution in [3.05, 3.63) is 29.8 Å². The van der Waals surface area contributed by atoms with E-state index < -0.39 is 32.7 Å². The quantitative estimate of drug-likeness (QED) is 0.780. The molecular formula is C12H15F3N2O2S2. The average molecular weight is 340 g/mol. The molecule has 1 aromatic rings. The van der Waals surface area contributed by atoms with Gasteiger partial charge in [-0.15, -0.1) is 0 Å². The minimum Gasteiger partial charge on any atom is -0.392 e. The normalized spacial score (nSPS) is 13.9. The fraction of sp³-hybridized carbons (Fsp3) is 0.417. The van der Waals surface area contributed by atoms with E-state index in [9.17, 15) is 21.6 Å². The highest BCUT2D eigenvalue weighted by Gasteiger charge is 2.32. The van der Waals surface area contributed by atoms with Crippen LogP contribution in [0.25, 0.3) is 0 Å². The number of hydrogen-bond acceptors (Lipinski definition) is 3. The van der Waals surface area contributed by atoms with Gasteiger partial charge < -0.3 is 5.73 Å². The Balaban J connectivity index is 3.11. The molecule has 3 N–H and O–H groups in total. The van der Waals surface area contributed by atoms with E-state index in [0.29, 0.717) is 18.9 Å². The van der Waals surface area contributed by atoms with E-state index in [-0.39, 0.29) is 4.99 Å². The number of hydrogen-bond donors (Lipinski definition) is 2. The molecule has 0 saturated carbocycles. The third-order valence-electron chi connectivity index (χ3n) is 2.69. The Labute approximate surface area is 126 Å². The van der Waals surface area contributed by atoms with Crippen molar-refractivity contribution < 1.29 is 21.6 Å². The van der Waals surface area contributed by atoms with Crippen LogP contribution in [0.5, 0.6) is 0 Å². The SMILES string of the molecule is CCCC(NS(=O)(=O)c1cccc(C(F)(F)F)c1)C(N)=S. The van der Waals surface area contributed by atoms with Crippen LogP contribution in [0, 0.1) is 0 Å². The van der Waals surface area contributed by atoms with Gasteiger partial charge in [0.15, 0.2) is 0 Å². The Hall–Kier alpha value is -1.19. The van der Waals surface area contributed by atoms with Gasteiger partial charge in [-0.05, 0) is 24.6 Å². The maximum Gasteiger partial charge on any atom is 0.416 e. The number of halogens is 3. The zero-order valence-electron chi connectivity index (χ0n) is 11.1. The predicted molar refractivity (Wildman–Crippen MR) is 77.2 cm³/mol. The van der Waals surface area contributed by atoms with Gasteiger partial charge in [-0.3, -0.25) is 0 Å². The Morgan fingerprint density at radius 3 is 2.52 bits per heavy atom. The molecular weight excluding hydrogens is 325 g/mol. The third kappa shape index (κ3) is 4.94. The second-order valence-corrected chi connectivity index (χ2v) is 6.58. The highest BCUT2D eigenvalue weighted by atomic mass is 32.2. The second kappa shape index (κ2) is 6.71. The van der Waals surface area contributed by atoms with Crippen molar-refractivity contribution in [2.24, 2.45) is 5.73 Å². The summed E-state index contributed by atoms with van der Waals surface area (Å²) in [6, 6.07) is 2.71. The molecule has 9 heteroatoms. The zero-order valence-corrected chi connectivity index (χ0v) is 12.8. The van der Waals surface area contributed by atoms with Gasteiger partial charge >= 0.3 is 6.18 Å². The van der Waals surface area contributed by atoms with Crippen molar-refractivity contribution in [1.29, 1.82) is 0 Å². The average Bonchev–Trinajstić information content (AvgIpc) is 2.37. The molecule has 1 atom stereocenters. The molecule has 0 aliphatic rings. The summed E-state index contributed by atoms with van der Waals surface area (Å²) in [6.45, 7) is 1.81. The molecule has 0 fully saturated rings. The van der Waals surface area contributed by atoms with Gasteiger partial charge in [0.1, 0.15) is 0 Å².